The molecule has 1 N–H and O–H groups in total. The molecule has 0 bridgehead atoms. The second kappa shape index (κ2) is 7.10. The van der Waals surface area contributed by atoms with Crippen molar-refractivity contribution in [1.82, 2.24) is 19.4 Å². The Morgan fingerprint density at radius 1 is 1.40 bits per heavy atom. The van der Waals surface area contributed by atoms with Crippen LogP contribution in [0.1, 0.15) is 35.6 Å². The van der Waals surface area contributed by atoms with Gasteiger partial charge in [-0.15, -0.1) is 5.10 Å². The van der Waals surface area contributed by atoms with E-state index >= 15 is 0 Å². The number of amides is 1. The molecule has 1 fully saturated rings. The first-order valence-corrected chi connectivity index (χ1v) is 7.90. The zero-order valence-electron chi connectivity index (χ0n) is 12.1. The van der Waals surface area contributed by atoms with Crippen LogP contribution < -0.4 is 0 Å². The van der Waals surface area contributed by atoms with Gasteiger partial charge in [0.25, 0.3) is 5.91 Å². The first kappa shape index (κ1) is 15.3. The van der Waals surface area contributed by atoms with Crippen LogP contribution in [0.4, 0.5) is 0 Å². The molecule has 20 heavy (non-hydrogen) atoms. The number of carbonyl (C=O) groups is 1. The summed E-state index contributed by atoms with van der Waals surface area (Å²) in [7, 11) is 0. The van der Waals surface area contributed by atoms with Crippen molar-refractivity contribution in [1.29, 1.82) is 0 Å². The van der Waals surface area contributed by atoms with Crippen LogP contribution in [-0.2, 0) is 6.42 Å². The van der Waals surface area contributed by atoms with Crippen LogP contribution in [0.2, 0.25) is 0 Å². The summed E-state index contributed by atoms with van der Waals surface area (Å²) in [6.45, 7) is 7.56. The van der Waals surface area contributed by atoms with Crippen LogP contribution >= 0.6 is 11.5 Å². The van der Waals surface area contributed by atoms with Gasteiger partial charge in [0.15, 0.2) is 0 Å². The molecule has 1 aromatic rings. The lowest BCUT2D eigenvalue weighted by Crippen LogP contribution is -2.50. The van der Waals surface area contributed by atoms with E-state index in [4.69, 9.17) is 0 Å². The fourth-order valence-corrected chi connectivity index (χ4v) is 3.10. The minimum Gasteiger partial charge on any atom is -0.392 e. The van der Waals surface area contributed by atoms with Gasteiger partial charge in [0.05, 0.1) is 11.8 Å². The Hall–Kier alpha value is -1.05. The van der Waals surface area contributed by atoms with E-state index < -0.39 is 0 Å². The average molecular weight is 298 g/mol. The lowest BCUT2D eigenvalue weighted by Gasteiger charge is -2.35. The molecule has 0 spiro atoms. The Kier molecular flexibility index (Phi) is 5.45. The predicted octanol–water partition coefficient (Wildman–Crippen LogP) is 0.629. The molecule has 2 rings (SSSR count). The van der Waals surface area contributed by atoms with Crippen molar-refractivity contribution in [2.45, 2.75) is 32.8 Å². The molecule has 0 aromatic carbocycles. The van der Waals surface area contributed by atoms with Gasteiger partial charge in [-0.05, 0) is 24.9 Å². The summed E-state index contributed by atoms with van der Waals surface area (Å²) >= 11 is 1.20. The number of hydrogen-bond donors (Lipinski definition) is 1. The van der Waals surface area contributed by atoms with Gasteiger partial charge in [-0.2, -0.15) is 0 Å². The van der Waals surface area contributed by atoms with Gasteiger partial charge in [0, 0.05) is 32.7 Å². The zero-order chi connectivity index (χ0) is 14.5. The third-order valence-corrected chi connectivity index (χ3v) is 4.17. The van der Waals surface area contributed by atoms with Crippen molar-refractivity contribution in [3.8, 4) is 0 Å². The fraction of sp³-hybridized carbons (Fsp3) is 0.769. The molecule has 1 aliphatic rings. The first-order chi connectivity index (χ1) is 9.61. The van der Waals surface area contributed by atoms with Gasteiger partial charge in [-0.25, -0.2) is 0 Å². The molecule has 7 heteroatoms. The number of piperazine rings is 1. The highest BCUT2D eigenvalue weighted by molar-refractivity contribution is 7.08. The number of aryl methyl sites for hydroxylation is 1. The molecule has 1 aliphatic heterocycles. The van der Waals surface area contributed by atoms with E-state index in [0.717, 1.165) is 31.6 Å². The van der Waals surface area contributed by atoms with Crippen LogP contribution in [0.25, 0.3) is 0 Å². The number of nitrogens with zero attached hydrogens (tertiary/aromatic N) is 4. The van der Waals surface area contributed by atoms with Gasteiger partial charge >= 0.3 is 0 Å². The maximum absolute atomic E-state index is 12.5. The van der Waals surface area contributed by atoms with Crippen molar-refractivity contribution in [2.75, 3.05) is 32.7 Å². The molecule has 1 atom stereocenters. The fourth-order valence-electron chi connectivity index (χ4n) is 2.42. The number of aliphatic hydroxyl groups excluding tert-OH is 1. The largest absolute Gasteiger partial charge is 0.392 e. The molecular weight excluding hydrogens is 276 g/mol. The van der Waals surface area contributed by atoms with Gasteiger partial charge < -0.3 is 10.0 Å². The Balaban J connectivity index is 1.93. The van der Waals surface area contributed by atoms with Gasteiger partial charge in [0.2, 0.25) is 0 Å². The number of carbonyl (C=O) groups excluding carboxylic acids is 1. The maximum Gasteiger partial charge on any atom is 0.267 e. The summed E-state index contributed by atoms with van der Waals surface area (Å²) < 4.78 is 3.91. The third kappa shape index (κ3) is 3.74. The zero-order valence-corrected chi connectivity index (χ0v) is 12.9. The molecule has 1 aromatic heterocycles. The van der Waals surface area contributed by atoms with Crippen molar-refractivity contribution in [3.63, 3.8) is 0 Å². The minimum atomic E-state index is -0.320. The van der Waals surface area contributed by atoms with Crippen molar-refractivity contribution in [2.24, 2.45) is 0 Å². The molecule has 2 heterocycles. The summed E-state index contributed by atoms with van der Waals surface area (Å²) in [5.41, 5.74) is 0.828. The van der Waals surface area contributed by atoms with E-state index in [1.165, 1.54) is 11.5 Å². The molecule has 1 amide bonds. The van der Waals surface area contributed by atoms with E-state index in [1.807, 2.05) is 4.90 Å². The molecular formula is C13H22N4O2S. The highest BCUT2D eigenvalue weighted by atomic mass is 32.1. The van der Waals surface area contributed by atoms with E-state index in [9.17, 15) is 9.90 Å². The maximum atomic E-state index is 12.5. The van der Waals surface area contributed by atoms with Gasteiger partial charge in [-0.1, -0.05) is 17.8 Å². The standard InChI is InChI=1S/C13H22N4O2S/c1-3-4-11-12(20-15-14-11)13(19)17-7-5-16(6-8-17)9-10(2)18/h10,18H,3-9H2,1-2H3/t10-/m0/s1. The number of β-amino-alcohol motifs (C(OH)–C–C–N with tert-alkyl or cyclic N) is 1. The van der Waals surface area contributed by atoms with Crippen LogP contribution in [0, 0.1) is 0 Å². The summed E-state index contributed by atoms with van der Waals surface area (Å²) in [4.78, 5) is 17.2. The summed E-state index contributed by atoms with van der Waals surface area (Å²) in [6, 6.07) is 0. The second-order valence-corrected chi connectivity index (χ2v) is 5.99. The minimum absolute atomic E-state index is 0.0557. The van der Waals surface area contributed by atoms with Gasteiger partial charge in [0.1, 0.15) is 4.88 Å². The van der Waals surface area contributed by atoms with E-state index in [-0.39, 0.29) is 12.0 Å². The molecule has 112 valence electrons. The molecule has 0 saturated carbocycles. The van der Waals surface area contributed by atoms with Crippen LogP contribution in [0.15, 0.2) is 0 Å². The smallest absolute Gasteiger partial charge is 0.267 e. The predicted molar refractivity (Wildman–Crippen MR) is 77.9 cm³/mol. The molecule has 0 radical (unpaired) electrons. The van der Waals surface area contributed by atoms with Crippen molar-refractivity contribution >= 4 is 17.4 Å². The van der Waals surface area contributed by atoms with Gasteiger partial charge in [-0.3, -0.25) is 9.69 Å². The normalized spacial score (nSPS) is 18.2. The molecule has 0 unspecified atom stereocenters. The van der Waals surface area contributed by atoms with Crippen molar-refractivity contribution in [3.05, 3.63) is 10.6 Å². The SMILES string of the molecule is CCCc1nnsc1C(=O)N1CCN(C[C@H](C)O)CC1. The van der Waals surface area contributed by atoms with E-state index in [2.05, 4.69) is 21.4 Å². The van der Waals surface area contributed by atoms with E-state index in [1.54, 1.807) is 6.92 Å². The Morgan fingerprint density at radius 2 is 2.10 bits per heavy atom. The second-order valence-electron chi connectivity index (χ2n) is 5.24. The lowest BCUT2D eigenvalue weighted by molar-refractivity contribution is 0.0557. The number of rotatable bonds is 5. The Bertz CT molecular complexity index is 441. The van der Waals surface area contributed by atoms with Crippen LogP contribution in [0.5, 0.6) is 0 Å². The lowest BCUT2D eigenvalue weighted by atomic mass is 10.2. The Labute approximate surface area is 123 Å². The van der Waals surface area contributed by atoms with E-state index in [0.29, 0.717) is 24.5 Å². The van der Waals surface area contributed by atoms with Crippen LogP contribution in [-0.4, -0.2) is 69.2 Å². The summed E-state index contributed by atoms with van der Waals surface area (Å²) in [6.07, 6.45) is 1.45. The topological polar surface area (TPSA) is 69.6 Å². The number of hydrogen-bond acceptors (Lipinski definition) is 6. The highest BCUT2D eigenvalue weighted by Crippen LogP contribution is 2.16. The third-order valence-electron chi connectivity index (χ3n) is 3.42. The Morgan fingerprint density at radius 3 is 2.70 bits per heavy atom. The number of aromatic nitrogens is 2. The molecule has 6 nitrogen and oxygen atoms in total. The van der Waals surface area contributed by atoms with Crippen LogP contribution in [0.3, 0.4) is 0 Å². The molecule has 0 aliphatic carbocycles. The monoisotopic (exact) mass is 298 g/mol. The summed E-state index contributed by atoms with van der Waals surface area (Å²) in [5.74, 6) is 0.0557. The van der Waals surface area contributed by atoms with Crippen molar-refractivity contribution < 1.29 is 9.90 Å². The molecule has 1 saturated heterocycles. The number of aliphatic hydroxyl groups is 1. The average Bonchev–Trinajstić information content (AvgIpc) is 2.87. The summed E-state index contributed by atoms with van der Waals surface area (Å²) in [5, 5.41) is 13.4. The quantitative estimate of drug-likeness (QED) is 0.863. The highest BCUT2D eigenvalue weighted by Gasteiger charge is 2.26. The first-order valence-electron chi connectivity index (χ1n) is 7.12.